The van der Waals surface area contributed by atoms with Crippen LogP contribution in [0.4, 0.5) is 0 Å². The monoisotopic (exact) mass is 418 g/mol. The molecule has 0 heterocycles. The standard InChI is InChI=1S/C16H30N6O7/c17-6-2-1-3-9(18)14(27)21-10(4-5-12(19)24)16(29)22-11(8-23)15(28)20-7-13(25)26/h9-11,23H,1-8,17-18H2,(H2,19,24)(H,20,28)(H,21,27)(H,22,29)(H,25,26). The lowest BCUT2D eigenvalue weighted by atomic mass is 10.1. The van der Waals surface area contributed by atoms with Crippen molar-refractivity contribution in [1.82, 2.24) is 16.0 Å². The van der Waals surface area contributed by atoms with E-state index in [0.29, 0.717) is 25.8 Å². The molecule has 0 saturated carbocycles. The fraction of sp³-hybridized carbons (Fsp3) is 0.688. The van der Waals surface area contributed by atoms with E-state index in [1.54, 1.807) is 0 Å². The summed E-state index contributed by atoms with van der Waals surface area (Å²) in [6, 6.07) is -3.59. The van der Waals surface area contributed by atoms with Crippen molar-refractivity contribution >= 4 is 29.6 Å². The maximum absolute atomic E-state index is 12.4. The first-order chi connectivity index (χ1) is 13.6. The highest BCUT2D eigenvalue weighted by atomic mass is 16.4. The average molecular weight is 418 g/mol. The fourth-order valence-electron chi connectivity index (χ4n) is 2.23. The number of hydrogen-bond acceptors (Lipinski definition) is 8. The predicted molar refractivity (Wildman–Crippen MR) is 101 cm³/mol. The van der Waals surface area contributed by atoms with Gasteiger partial charge in [-0.2, -0.15) is 0 Å². The summed E-state index contributed by atoms with van der Waals surface area (Å²) in [5.74, 6) is -4.44. The van der Waals surface area contributed by atoms with Crippen LogP contribution in [0.5, 0.6) is 0 Å². The van der Waals surface area contributed by atoms with Gasteiger partial charge in [0, 0.05) is 6.42 Å². The number of carbonyl (C=O) groups is 5. The van der Waals surface area contributed by atoms with Crippen molar-refractivity contribution in [3.8, 4) is 0 Å². The maximum atomic E-state index is 12.4. The van der Waals surface area contributed by atoms with Crippen LogP contribution < -0.4 is 33.2 Å². The van der Waals surface area contributed by atoms with Crippen molar-refractivity contribution in [2.75, 3.05) is 19.7 Å². The van der Waals surface area contributed by atoms with Crippen LogP contribution in [-0.4, -0.2) is 77.6 Å². The van der Waals surface area contributed by atoms with Crippen LogP contribution in [0.1, 0.15) is 32.1 Å². The Hall–Kier alpha value is -2.77. The zero-order valence-electron chi connectivity index (χ0n) is 16.1. The Bertz CT molecular complexity index is 586. The van der Waals surface area contributed by atoms with Crippen molar-refractivity contribution < 1.29 is 34.2 Å². The number of carboxylic acids is 1. The minimum Gasteiger partial charge on any atom is -0.480 e. The molecule has 4 amide bonds. The molecule has 0 fully saturated rings. The van der Waals surface area contributed by atoms with E-state index in [4.69, 9.17) is 22.3 Å². The van der Waals surface area contributed by atoms with Gasteiger partial charge in [0.1, 0.15) is 18.6 Å². The summed E-state index contributed by atoms with van der Waals surface area (Å²) in [5.41, 5.74) is 16.2. The minimum atomic E-state index is -1.45. The van der Waals surface area contributed by atoms with E-state index in [1.807, 2.05) is 5.32 Å². The Morgan fingerprint density at radius 2 is 1.52 bits per heavy atom. The number of amides is 4. The van der Waals surface area contributed by atoms with E-state index in [2.05, 4.69) is 10.6 Å². The van der Waals surface area contributed by atoms with Crippen molar-refractivity contribution in [1.29, 1.82) is 0 Å². The van der Waals surface area contributed by atoms with E-state index < -0.39 is 60.9 Å². The number of unbranched alkanes of at least 4 members (excludes halogenated alkanes) is 1. The lowest BCUT2D eigenvalue weighted by Crippen LogP contribution is -2.57. The molecule has 0 aromatic heterocycles. The summed E-state index contributed by atoms with van der Waals surface area (Å²) in [5, 5.41) is 24.4. The number of carboxylic acid groups (broad SMARTS) is 1. The quantitative estimate of drug-likeness (QED) is 0.120. The molecule has 0 aliphatic carbocycles. The molecular weight excluding hydrogens is 388 g/mol. The number of rotatable bonds is 15. The van der Waals surface area contributed by atoms with Crippen LogP contribution in [0.3, 0.4) is 0 Å². The molecule has 0 aromatic rings. The molecule has 0 saturated heterocycles. The highest BCUT2D eigenvalue weighted by Crippen LogP contribution is 2.03. The smallest absolute Gasteiger partial charge is 0.322 e. The van der Waals surface area contributed by atoms with Crippen molar-refractivity contribution in [3.05, 3.63) is 0 Å². The van der Waals surface area contributed by atoms with Gasteiger partial charge < -0.3 is 43.4 Å². The van der Waals surface area contributed by atoms with Crippen LogP contribution in [0, 0.1) is 0 Å². The Labute approximate surface area is 167 Å². The summed E-state index contributed by atoms with van der Waals surface area (Å²) >= 11 is 0. The highest BCUT2D eigenvalue weighted by molar-refractivity contribution is 5.94. The molecule has 0 aromatic carbocycles. The Kier molecular flexibility index (Phi) is 12.9. The van der Waals surface area contributed by atoms with Crippen LogP contribution >= 0.6 is 0 Å². The Morgan fingerprint density at radius 3 is 2.03 bits per heavy atom. The molecule has 3 unspecified atom stereocenters. The first kappa shape index (κ1) is 26.2. The van der Waals surface area contributed by atoms with Crippen molar-refractivity contribution in [2.24, 2.45) is 17.2 Å². The number of aliphatic carboxylic acids is 1. The SMILES string of the molecule is NCCCCC(N)C(=O)NC(CCC(N)=O)C(=O)NC(CO)C(=O)NCC(=O)O. The van der Waals surface area contributed by atoms with E-state index in [0.717, 1.165) is 0 Å². The van der Waals surface area contributed by atoms with E-state index in [9.17, 15) is 29.1 Å². The summed E-state index contributed by atoms with van der Waals surface area (Å²) in [4.78, 5) is 58.0. The number of carbonyl (C=O) groups excluding carboxylic acids is 4. The second kappa shape index (κ2) is 14.3. The fourth-order valence-corrected chi connectivity index (χ4v) is 2.23. The lowest BCUT2D eigenvalue weighted by molar-refractivity contribution is -0.139. The number of aliphatic hydroxyl groups is 1. The van der Waals surface area contributed by atoms with Gasteiger partial charge in [0.2, 0.25) is 23.6 Å². The molecule has 11 N–H and O–H groups in total. The van der Waals surface area contributed by atoms with Crippen LogP contribution in [0.2, 0.25) is 0 Å². The lowest BCUT2D eigenvalue weighted by Gasteiger charge is -2.23. The summed E-state index contributed by atoms with van der Waals surface area (Å²) in [6.45, 7) is -1.07. The first-order valence-electron chi connectivity index (χ1n) is 9.07. The van der Waals surface area contributed by atoms with Crippen LogP contribution in [-0.2, 0) is 24.0 Å². The molecule has 0 aliphatic heterocycles. The minimum absolute atomic E-state index is 0.155. The molecule has 13 nitrogen and oxygen atoms in total. The van der Waals surface area contributed by atoms with Gasteiger partial charge in [0.05, 0.1) is 12.6 Å². The number of nitrogens with two attached hydrogens (primary N) is 3. The zero-order valence-corrected chi connectivity index (χ0v) is 16.1. The Balaban J connectivity index is 5.00. The predicted octanol–water partition coefficient (Wildman–Crippen LogP) is -4.13. The molecule has 0 spiro atoms. The summed E-state index contributed by atoms with van der Waals surface area (Å²) < 4.78 is 0. The number of hydrogen-bond donors (Lipinski definition) is 8. The third kappa shape index (κ3) is 11.6. The molecule has 0 radical (unpaired) electrons. The zero-order chi connectivity index (χ0) is 22.4. The van der Waals surface area contributed by atoms with Gasteiger partial charge in [0.15, 0.2) is 0 Å². The molecule has 3 atom stereocenters. The second-order valence-corrected chi connectivity index (χ2v) is 6.31. The highest BCUT2D eigenvalue weighted by Gasteiger charge is 2.28. The summed E-state index contributed by atoms with van der Waals surface area (Å²) in [6.07, 6.45) is 1.24. The summed E-state index contributed by atoms with van der Waals surface area (Å²) in [7, 11) is 0. The van der Waals surface area contributed by atoms with Gasteiger partial charge >= 0.3 is 5.97 Å². The van der Waals surface area contributed by atoms with Gasteiger partial charge in [-0.25, -0.2) is 0 Å². The van der Waals surface area contributed by atoms with Crippen molar-refractivity contribution in [2.45, 2.75) is 50.2 Å². The van der Waals surface area contributed by atoms with Gasteiger partial charge in [0.25, 0.3) is 0 Å². The number of aliphatic hydroxyl groups excluding tert-OH is 1. The second-order valence-electron chi connectivity index (χ2n) is 6.31. The largest absolute Gasteiger partial charge is 0.480 e. The van der Waals surface area contributed by atoms with Crippen molar-refractivity contribution in [3.63, 3.8) is 0 Å². The topological polar surface area (TPSA) is 240 Å². The number of nitrogens with one attached hydrogen (secondary N) is 3. The molecular formula is C16H30N6O7. The van der Waals surface area contributed by atoms with E-state index in [-0.39, 0.29) is 12.8 Å². The average Bonchev–Trinajstić information content (AvgIpc) is 2.66. The van der Waals surface area contributed by atoms with Gasteiger partial charge in [-0.05, 0) is 25.8 Å². The maximum Gasteiger partial charge on any atom is 0.322 e. The third-order valence-electron chi connectivity index (χ3n) is 3.85. The van der Waals surface area contributed by atoms with Gasteiger partial charge in [-0.1, -0.05) is 6.42 Å². The van der Waals surface area contributed by atoms with Crippen LogP contribution in [0.15, 0.2) is 0 Å². The molecule has 29 heavy (non-hydrogen) atoms. The van der Waals surface area contributed by atoms with Gasteiger partial charge in [-0.3, -0.25) is 24.0 Å². The molecule has 13 heteroatoms. The molecule has 166 valence electrons. The number of primary amides is 1. The third-order valence-corrected chi connectivity index (χ3v) is 3.85. The van der Waals surface area contributed by atoms with Gasteiger partial charge in [-0.15, -0.1) is 0 Å². The molecule has 0 bridgehead atoms. The molecule has 0 aliphatic rings. The normalized spacial score (nSPS) is 13.6. The molecule has 0 rings (SSSR count). The van der Waals surface area contributed by atoms with E-state index >= 15 is 0 Å². The van der Waals surface area contributed by atoms with Crippen LogP contribution in [0.25, 0.3) is 0 Å². The first-order valence-corrected chi connectivity index (χ1v) is 9.07. The Morgan fingerprint density at radius 1 is 0.897 bits per heavy atom. The van der Waals surface area contributed by atoms with E-state index in [1.165, 1.54) is 0 Å².